The van der Waals surface area contributed by atoms with Gasteiger partial charge in [-0.1, -0.05) is 6.92 Å². The second-order valence-electron chi connectivity index (χ2n) is 4.73. The standard InChI is InChI=1S/C15H19NO4/c1-2-5-19-12-3-4-13-10(6-12)7-14(20-13)11(9-16)8-15(17)18/h3-4,6-7,11H,2,5,8-9,16H2,1H3,(H,17,18). The molecule has 1 aromatic carbocycles. The van der Waals surface area contributed by atoms with E-state index < -0.39 is 5.97 Å². The molecule has 0 fully saturated rings. The summed E-state index contributed by atoms with van der Waals surface area (Å²) < 4.78 is 11.2. The Morgan fingerprint density at radius 1 is 1.45 bits per heavy atom. The predicted molar refractivity (Wildman–Crippen MR) is 76.0 cm³/mol. The fourth-order valence-electron chi connectivity index (χ4n) is 2.06. The molecule has 108 valence electrons. The van der Waals surface area contributed by atoms with Crippen LogP contribution in [0.3, 0.4) is 0 Å². The maximum atomic E-state index is 10.8. The largest absolute Gasteiger partial charge is 0.494 e. The lowest BCUT2D eigenvalue weighted by Gasteiger charge is -2.07. The minimum absolute atomic E-state index is 0.0322. The van der Waals surface area contributed by atoms with Gasteiger partial charge in [-0.25, -0.2) is 0 Å². The van der Waals surface area contributed by atoms with Crippen molar-refractivity contribution in [3.05, 3.63) is 30.0 Å². The van der Waals surface area contributed by atoms with Gasteiger partial charge in [-0.05, 0) is 30.7 Å². The lowest BCUT2D eigenvalue weighted by atomic mass is 10.0. The van der Waals surface area contributed by atoms with Crippen LogP contribution in [0.4, 0.5) is 0 Å². The Balaban J connectivity index is 2.25. The van der Waals surface area contributed by atoms with E-state index in [1.165, 1.54) is 0 Å². The number of hydrogen-bond acceptors (Lipinski definition) is 4. The molecule has 0 radical (unpaired) electrons. The van der Waals surface area contributed by atoms with E-state index in [2.05, 4.69) is 0 Å². The van der Waals surface area contributed by atoms with Crippen molar-refractivity contribution in [2.45, 2.75) is 25.7 Å². The third-order valence-electron chi connectivity index (χ3n) is 3.09. The van der Waals surface area contributed by atoms with Gasteiger partial charge in [0, 0.05) is 17.8 Å². The Hall–Kier alpha value is -2.01. The summed E-state index contributed by atoms with van der Waals surface area (Å²) >= 11 is 0. The van der Waals surface area contributed by atoms with Gasteiger partial charge in [0.1, 0.15) is 17.1 Å². The number of carbonyl (C=O) groups is 1. The van der Waals surface area contributed by atoms with Gasteiger partial charge in [0.15, 0.2) is 0 Å². The normalized spacial score (nSPS) is 12.5. The highest BCUT2D eigenvalue weighted by Gasteiger charge is 2.18. The van der Waals surface area contributed by atoms with Gasteiger partial charge in [-0.15, -0.1) is 0 Å². The molecule has 0 spiro atoms. The summed E-state index contributed by atoms with van der Waals surface area (Å²) in [6, 6.07) is 7.42. The van der Waals surface area contributed by atoms with Crippen molar-refractivity contribution >= 4 is 16.9 Å². The van der Waals surface area contributed by atoms with Crippen LogP contribution in [-0.4, -0.2) is 24.2 Å². The molecule has 0 bridgehead atoms. The number of fused-ring (bicyclic) bond motifs is 1. The first-order valence-electron chi connectivity index (χ1n) is 6.72. The fraction of sp³-hybridized carbons (Fsp3) is 0.400. The average molecular weight is 277 g/mol. The quantitative estimate of drug-likeness (QED) is 0.812. The molecule has 5 nitrogen and oxygen atoms in total. The van der Waals surface area contributed by atoms with Crippen molar-refractivity contribution in [3.8, 4) is 5.75 Å². The van der Waals surface area contributed by atoms with Crippen LogP contribution < -0.4 is 10.5 Å². The minimum atomic E-state index is -0.882. The van der Waals surface area contributed by atoms with Crippen molar-refractivity contribution in [2.75, 3.05) is 13.2 Å². The Kier molecular flexibility index (Phi) is 4.63. The molecular formula is C15H19NO4. The van der Waals surface area contributed by atoms with Crippen molar-refractivity contribution in [1.82, 2.24) is 0 Å². The third-order valence-corrected chi connectivity index (χ3v) is 3.09. The maximum Gasteiger partial charge on any atom is 0.304 e. The summed E-state index contributed by atoms with van der Waals surface area (Å²) in [5, 5.41) is 9.78. The van der Waals surface area contributed by atoms with E-state index in [1.54, 1.807) is 0 Å². The Morgan fingerprint density at radius 3 is 2.90 bits per heavy atom. The SMILES string of the molecule is CCCOc1ccc2oc(C(CN)CC(=O)O)cc2c1. The smallest absolute Gasteiger partial charge is 0.304 e. The first-order valence-corrected chi connectivity index (χ1v) is 6.72. The van der Waals surface area contributed by atoms with Crippen LogP contribution in [0.5, 0.6) is 5.75 Å². The lowest BCUT2D eigenvalue weighted by molar-refractivity contribution is -0.137. The van der Waals surface area contributed by atoms with Crippen molar-refractivity contribution in [1.29, 1.82) is 0 Å². The number of hydrogen-bond donors (Lipinski definition) is 2. The van der Waals surface area contributed by atoms with E-state index in [1.807, 2.05) is 31.2 Å². The Labute approximate surface area is 117 Å². The number of benzene rings is 1. The fourth-order valence-corrected chi connectivity index (χ4v) is 2.06. The highest BCUT2D eigenvalue weighted by Crippen LogP contribution is 2.29. The first-order chi connectivity index (χ1) is 9.63. The van der Waals surface area contributed by atoms with Gasteiger partial charge in [-0.2, -0.15) is 0 Å². The second kappa shape index (κ2) is 6.43. The molecule has 3 N–H and O–H groups in total. The highest BCUT2D eigenvalue weighted by atomic mass is 16.5. The van der Waals surface area contributed by atoms with Gasteiger partial charge in [0.2, 0.25) is 0 Å². The number of aliphatic carboxylic acids is 1. The van der Waals surface area contributed by atoms with E-state index in [9.17, 15) is 4.79 Å². The number of rotatable bonds is 7. The average Bonchev–Trinajstić information content (AvgIpc) is 2.85. The summed E-state index contributed by atoms with van der Waals surface area (Å²) in [4.78, 5) is 10.8. The van der Waals surface area contributed by atoms with Crippen molar-refractivity contribution in [2.24, 2.45) is 5.73 Å². The van der Waals surface area contributed by atoms with Crippen LogP contribution in [0.2, 0.25) is 0 Å². The van der Waals surface area contributed by atoms with E-state index in [4.69, 9.17) is 20.0 Å². The van der Waals surface area contributed by atoms with E-state index in [-0.39, 0.29) is 18.9 Å². The minimum Gasteiger partial charge on any atom is -0.494 e. The number of carboxylic acid groups (broad SMARTS) is 1. The summed E-state index contributed by atoms with van der Waals surface area (Å²) in [7, 11) is 0. The molecule has 2 rings (SSSR count). The summed E-state index contributed by atoms with van der Waals surface area (Å²) in [6.07, 6.45) is 0.915. The van der Waals surface area contributed by atoms with Crippen molar-refractivity contribution in [3.63, 3.8) is 0 Å². The van der Waals surface area contributed by atoms with Gasteiger partial charge < -0.3 is 20.0 Å². The van der Waals surface area contributed by atoms with Crippen LogP contribution in [0.1, 0.15) is 31.4 Å². The summed E-state index contributed by atoms with van der Waals surface area (Å²) in [5.41, 5.74) is 6.34. The molecule has 1 atom stereocenters. The molecule has 0 saturated carbocycles. The number of carboxylic acids is 1. The molecule has 1 aromatic heterocycles. The zero-order valence-electron chi connectivity index (χ0n) is 11.5. The molecule has 1 heterocycles. The molecule has 2 aromatic rings. The molecule has 20 heavy (non-hydrogen) atoms. The van der Waals surface area contributed by atoms with E-state index in [0.29, 0.717) is 18.0 Å². The highest BCUT2D eigenvalue weighted by molar-refractivity contribution is 5.80. The Bertz CT molecular complexity index is 591. The van der Waals surface area contributed by atoms with Crippen LogP contribution in [0.25, 0.3) is 11.0 Å². The monoisotopic (exact) mass is 277 g/mol. The first kappa shape index (κ1) is 14.4. The number of furan rings is 1. The number of nitrogens with two attached hydrogens (primary N) is 1. The molecule has 5 heteroatoms. The molecule has 0 amide bonds. The summed E-state index contributed by atoms with van der Waals surface area (Å²) in [5.74, 6) is 0.208. The number of ether oxygens (including phenoxy) is 1. The van der Waals surface area contributed by atoms with Gasteiger partial charge in [0.25, 0.3) is 0 Å². The maximum absolute atomic E-state index is 10.8. The van der Waals surface area contributed by atoms with Crippen molar-refractivity contribution < 1.29 is 19.1 Å². The van der Waals surface area contributed by atoms with Crippen LogP contribution in [0.15, 0.2) is 28.7 Å². The topological polar surface area (TPSA) is 85.7 Å². The Morgan fingerprint density at radius 2 is 2.25 bits per heavy atom. The second-order valence-corrected chi connectivity index (χ2v) is 4.73. The van der Waals surface area contributed by atoms with Gasteiger partial charge in [-0.3, -0.25) is 4.79 Å². The molecule has 0 saturated heterocycles. The zero-order valence-corrected chi connectivity index (χ0v) is 11.5. The van der Waals surface area contributed by atoms with Gasteiger partial charge in [0.05, 0.1) is 13.0 Å². The van der Waals surface area contributed by atoms with Crippen LogP contribution in [-0.2, 0) is 4.79 Å². The van der Waals surface area contributed by atoms with E-state index >= 15 is 0 Å². The predicted octanol–water partition coefficient (Wildman–Crippen LogP) is 2.74. The molecule has 0 aliphatic rings. The molecule has 0 aliphatic heterocycles. The molecule has 1 unspecified atom stereocenters. The van der Waals surface area contributed by atoms with Crippen LogP contribution in [0, 0.1) is 0 Å². The van der Waals surface area contributed by atoms with Gasteiger partial charge >= 0.3 is 5.97 Å². The van der Waals surface area contributed by atoms with Crippen LogP contribution >= 0.6 is 0 Å². The molecular weight excluding hydrogens is 258 g/mol. The van der Waals surface area contributed by atoms with E-state index in [0.717, 1.165) is 17.6 Å². The zero-order chi connectivity index (χ0) is 14.5. The summed E-state index contributed by atoms with van der Waals surface area (Å²) in [6.45, 7) is 2.96. The lowest BCUT2D eigenvalue weighted by Crippen LogP contribution is -2.15. The molecule has 0 aliphatic carbocycles. The third kappa shape index (κ3) is 3.30.